The van der Waals surface area contributed by atoms with Crippen LogP contribution in [0.15, 0.2) is 24.3 Å². The molecule has 0 bridgehead atoms. The van der Waals surface area contributed by atoms with Gasteiger partial charge in [0.1, 0.15) is 5.60 Å². The molecule has 0 spiro atoms. The summed E-state index contributed by atoms with van der Waals surface area (Å²) in [5.41, 5.74) is 0.716. The van der Waals surface area contributed by atoms with E-state index in [-0.39, 0.29) is 12.6 Å². The van der Waals surface area contributed by atoms with Crippen molar-refractivity contribution in [2.24, 2.45) is 0 Å². The van der Waals surface area contributed by atoms with Gasteiger partial charge in [-0.25, -0.2) is 9.59 Å². The van der Waals surface area contributed by atoms with E-state index in [0.717, 1.165) is 10.5 Å². The highest BCUT2D eigenvalue weighted by atomic mass is 16.6. The number of carboxylic acid groups (broad SMARTS) is 1. The van der Waals surface area contributed by atoms with Crippen molar-refractivity contribution < 1.29 is 19.4 Å². The van der Waals surface area contributed by atoms with Crippen molar-refractivity contribution in [1.29, 1.82) is 0 Å². The number of carbonyl (C=O) groups excluding carboxylic acids is 1. The van der Waals surface area contributed by atoms with Crippen molar-refractivity contribution in [3.05, 3.63) is 29.8 Å². The van der Waals surface area contributed by atoms with Crippen molar-refractivity contribution >= 4 is 17.9 Å². The van der Waals surface area contributed by atoms with E-state index in [1.54, 1.807) is 17.0 Å². The average molecular weight is 322 g/mol. The molecule has 0 heterocycles. The number of rotatable bonds is 4. The lowest BCUT2D eigenvalue weighted by Crippen LogP contribution is -2.40. The smallest absolute Gasteiger partial charge is 0.411 e. The van der Waals surface area contributed by atoms with E-state index in [9.17, 15) is 14.7 Å². The summed E-state index contributed by atoms with van der Waals surface area (Å²) in [6, 6.07) is 7.05. The highest BCUT2D eigenvalue weighted by molar-refractivity contribution is 5.86. The maximum Gasteiger partial charge on any atom is 0.411 e. The first-order valence-corrected chi connectivity index (χ1v) is 7.57. The summed E-state index contributed by atoms with van der Waals surface area (Å²) in [6.07, 6.45) is -1.47. The van der Waals surface area contributed by atoms with Crippen molar-refractivity contribution in [3.8, 4) is 0 Å². The molecule has 0 saturated heterocycles. The molecule has 1 aromatic rings. The zero-order valence-electron chi connectivity index (χ0n) is 14.7. The summed E-state index contributed by atoms with van der Waals surface area (Å²) in [5, 5.41) is 9.19. The van der Waals surface area contributed by atoms with Gasteiger partial charge < -0.3 is 14.7 Å². The maximum atomic E-state index is 12.4. The van der Waals surface area contributed by atoms with Gasteiger partial charge in [-0.2, -0.15) is 0 Å². The number of amides is 2. The van der Waals surface area contributed by atoms with Gasteiger partial charge in [0.15, 0.2) is 0 Å². The van der Waals surface area contributed by atoms with E-state index in [1.807, 2.05) is 46.8 Å². The van der Waals surface area contributed by atoms with Gasteiger partial charge in [0.2, 0.25) is 0 Å². The highest BCUT2D eigenvalue weighted by Gasteiger charge is 2.25. The van der Waals surface area contributed by atoms with Crippen LogP contribution < -0.4 is 4.90 Å². The third-order valence-electron chi connectivity index (χ3n) is 3.23. The molecule has 6 heteroatoms. The van der Waals surface area contributed by atoms with Crippen LogP contribution in [0, 0.1) is 0 Å². The fourth-order valence-electron chi connectivity index (χ4n) is 2.04. The Morgan fingerprint density at radius 2 is 1.78 bits per heavy atom. The molecule has 0 atom stereocenters. The van der Waals surface area contributed by atoms with Gasteiger partial charge in [0, 0.05) is 13.1 Å². The molecular weight excluding hydrogens is 296 g/mol. The minimum atomic E-state index is -1.05. The normalized spacial score (nSPS) is 11.3. The van der Waals surface area contributed by atoms with Crippen LogP contribution in [0.25, 0.3) is 0 Å². The van der Waals surface area contributed by atoms with Gasteiger partial charge in [-0.05, 0) is 46.2 Å². The third kappa shape index (κ3) is 5.47. The number of hydrogen-bond donors (Lipinski definition) is 1. The van der Waals surface area contributed by atoms with E-state index in [1.165, 1.54) is 7.05 Å². The number of benzene rings is 1. The largest absolute Gasteiger partial charge is 0.465 e. The van der Waals surface area contributed by atoms with Crippen LogP contribution in [-0.4, -0.2) is 40.9 Å². The number of anilines is 1. The van der Waals surface area contributed by atoms with Gasteiger partial charge in [-0.3, -0.25) is 4.90 Å². The summed E-state index contributed by atoms with van der Waals surface area (Å²) in [7, 11) is 1.48. The minimum absolute atomic E-state index is 0.0759. The molecule has 23 heavy (non-hydrogen) atoms. The fraction of sp³-hybridized carbons (Fsp3) is 0.529. The van der Waals surface area contributed by atoms with Crippen LogP contribution >= 0.6 is 0 Å². The highest BCUT2D eigenvalue weighted by Crippen LogP contribution is 2.23. The molecule has 1 aromatic carbocycles. The number of nitrogens with zero attached hydrogens (tertiary/aromatic N) is 2. The van der Waals surface area contributed by atoms with Crippen LogP contribution in [0.3, 0.4) is 0 Å². The second kappa shape index (κ2) is 7.35. The Balaban J connectivity index is 3.07. The molecule has 0 aromatic heterocycles. The predicted molar refractivity (Wildman–Crippen MR) is 89.8 cm³/mol. The molecule has 1 N–H and O–H groups in total. The monoisotopic (exact) mass is 322 g/mol. The molecule has 128 valence electrons. The standard InChI is InChI=1S/C17H26N2O4/c1-12(2)19(16(22)23-17(3,4)5)11-13-9-7-8-10-14(13)18(6)15(20)21/h7-10,12H,11H2,1-6H3,(H,20,21). The fourth-order valence-corrected chi connectivity index (χ4v) is 2.04. The van der Waals surface area contributed by atoms with Crippen molar-refractivity contribution in [2.75, 3.05) is 11.9 Å². The van der Waals surface area contributed by atoms with Crippen LogP contribution in [-0.2, 0) is 11.3 Å². The SMILES string of the molecule is CC(C)N(Cc1ccccc1N(C)C(=O)O)C(=O)OC(C)(C)C. The van der Waals surface area contributed by atoms with E-state index < -0.39 is 17.8 Å². The molecule has 1 rings (SSSR count). The first kappa shape index (κ1) is 18.8. The summed E-state index contributed by atoms with van der Waals surface area (Å²) in [5.74, 6) is 0. The summed E-state index contributed by atoms with van der Waals surface area (Å²) in [6.45, 7) is 9.52. The first-order valence-electron chi connectivity index (χ1n) is 7.57. The Kier molecular flexibility index (Phi) is 6.01. The summed E-state index contributed by atoms with van der Waals surface area (Å²) in [4.78, 5) is 26.3. The minimum Gasteiger partial charge on any atom is -0.465 e. The molecule has 0 aliphatic carbocycles. The molecule has 0 aliphatic heterocycles. The number of hydrogen-bond acceptors (Lipinski definition) is 3. The second-order valence-electron chi connectivity index (χ2n) is 6.67. The molecule has 2 amide bonds. The first-order chi connectivity index (χ1) is 10.5. The molecule has 0 fully saturated rings. The molecule has 0 aliphatic rings. The Hall–Kier alpha value is -2.24. The van der Waals surface area contributed by atoms with Gasteiger partial charge in [0.25, 0.3) is 0 Å². The van der Waals surface area contributed by atoms with E-state index in [2.05, 4.69) is 0 Å². The maximum absolute atomic E-state index is 12.4. The second-order valence-corrected chi connectivity index (χ2v) is 6.67. The van der Waals surface area contributed by atoms with Crippen LogP contribution in [0.4, 0.5) is 15.3 Å². The Bertz CT molecular complexity index is 564. The van der Waals surface area contributed by atoms with Crippen molar-refractivity contribution in [1.82, 2.24) is 4.90 Å². The molecular formula is C17H26N2O4. The van der Waals surface area contributed by atoms with E-state index in [4.69, 9.17) is 4.74 Å². The van der Waals surface area contributed by atoms with Gasteiger partial charge in [0.05, 0.1) is 12.2 Å². The zero-order chi connectivity index (χ0) is 17.8. The van der Waals surface area contributed by atoms with Gasteiger partial charge >= 0.3 is 12.2 Å². The quantitative estimate of drug-likeness (QED) is 0.911. The molecule has 0 radical (unpaired) electrons. The topological polar surface area (TPSA) is 70.1 Å². The predicted octanol–water partition coefficient (Wildman–Crippen LogP) is 3.95. The number of ether oxygens (including phenoxy) is 1. The number of para-hydroxylation sites is 1. The lowest BCUT2D eigenvalue weighted by atomic mass is 10.1. The summed E-state index contributed by atoms with van der Waals surface area (Å²) >= 11 is 0. The average Bonchev–Trinajstić information content (AvgIpc) is 2.41. The number of carbonyl (C=O) groups is 2. The molecule has 0 unspecified atom stereocenters. The van der Waals surface area contributed by atoms with Crippen LogP contribution in [0.5, 0.6) is 0 Å². The summed E-state index contributed by atoms with van der Waals surface area (Å²) < 4.78 is 5.44. The lowest BCUT2D eigenvalue weighted by Gasteiger charge is -2.31. The van der Waals surface area contributed by atoms with Gasteiger partial charge in [-0.1, -0.05) is 18.2 Å². The van der Waals surface area contributed by atoms with Crippen molar-refractivity contribution in [3.63, 3.8) is 0 Å². The van der Waals surface area contributed by atoms with Crippen LogP contribution in [0.1, 0.15) is 40.2 Å². The zero-order valence-corrected chi connectivity index (χ0v) is 14.7. The van der Waals surface area contributed by atoms with E-state index in [0.29, 0.717) is 5.69 Å². The Labute approximate surface area is 137 Å². The van der Waals surface area contributed by atoms with Crippen LogP contribution in [0.2, 0.25) is 0 Å². The van der Waals surface area contributed by atoms with Gasteiger partial charge in [-0.15, -0.1) is 0 Å². The molecule has 0 saturated carbocycles. The van der Waals surface area contributed by atoms with Crippen molar-refractivity contribution in [2.45, 2.75) is 52.8 Å². The molecule has 6 nitrogen and oxygen atoms in total. The van der Waals surface area contributed by atoms with E-state index >= 15 is 0 Å². The lowest BCUT2D eigenvalue weighted by molar-refractivity contribution is 0.0172. The third-order valence-corrected chi connectivity index (χ3v) is 3.23. The Morgan fingerprint density at radius 1 is 1.22 bits per heavy atom. The Morgan fingerprint density at radius 3 is 2.26 bits per heavy atom.